The van der Waals surface area contributed by atoms with Crippen LogP contribution in [0.3, 0.4) is 0 Å². The van der Waals surface area contributed by atoms with E-state index in [9.17, 15) is 20.0 Å². The molecular weight excluding hydrogens is 450 g/mol. The normalized spacial score (nSPS) is 11.4. The Labute approximate surface area is 207 Å². The summed E-state index contributed by atoms with van der Waals surface area (Å²) < 4.78 is 2.11. The second kappa shape index (κ2) is 9.61. The van der Waals surface area contributed by atoms with E-state index in [1.165, 1.54) is 17.5 Å². The summed E-state index contributed by atoms with van der Waals surface area (Å²) in [6.45, 7) is 0.621. The Kier molecular flexibility index (Phi) is 6.04. The molecule has 5 rings (SSSR count). The molecule has 0 bridgehead atoms. The highest BCUT2D eigenvalue weighted by Gasteiger charge is 2.16. The van der Waals surface area contributed by atoms with E-state index in [1.807, 2.05) is 54.7 Å². The minimum absolute atomic E-state index is 0.0465. The number of carbonyl (C=O) groups excluding carboxylic acids is 1. The van der Waals surface area contributed by atoms with Gasteiger partial charge in [-0.1, -0.05) is 72.8 Å². The molecule has 1 amide bonds. The number of para-hydroxylation sites is 2. The number of hydrogen-bond donors (Lipinski definition) is 2. The highest BCUT2D eigenvalue weighted by molar-refractivity contribution is 6.12. The van der Waals surface area contributed by atoms with Crippen LogP contribution in [0.4, 0.5) is 5.69 Å². The maximum atomic E-state index is 12.9. The number of fused-ring (bicyclic) bond motifs is 2. The lowest BCUT2D eigenvalue weighted by Gasteiger charge is -2.09. The third kappa shape index (κ3) is 4.33. The average Bonchev–Trinajstić information content (AvgIpc) is 3.24. The highest BCUT2D eigenvalue weighted by atomic mass is 16.4. The summed E-state index contributed by atoms with van der Waals surface area (Å²) in [4.78, 5) is 24.4. The monoisotopic (exact) mass is 471 g/mol. The topological polar surface area (TPSA) is 95.1 Å². The zero-order chi connectivity index (χ0) is 25.1. The molecule has 0 saturated carbocycles. The molecule has 0 aliphatic heterocycles. The van der Waals surface area contributed by atoms with Crippen LogP contribution in [0.2, 0.25) is 0 Å². The number of aromatic carboxylic acids is 1. The third-order valence-corrected chi connectivity index (χ3v) is 6.11. The quantitative estimate of drug-likeness (QED) is 0.232. The number of carboxylic acid groups (broad SMARTS) is 1. The van der Waals surface area contributed by atoms with Gasteiger partial charge in [0.1, 0.15) is 11.6 Å². The predicted octanol–water partition coefficient (Wildman–Crippen LogP) is 6.09. The molecule has 5 aromatic rings. The zero-order valence-corrected chi connectivity index (χ0v) is 19.2. The molecule has 1 heterocycles. The lowest BCUT2D eigenvalue weighted by Crippen LogP contribution is -2.16. The Morgan fingerprint density at radius 3 is 2.39 bits per heavy atom. The van der Waals surface area contributed by atoms with Crippen LogP contribution in [0.15, 0.2) is 103 Å². The van der Waals surface area contributed by atoms with Crippen LogP contribution in [0.5, 0.6) is 0 Å². The third-order valence-electron chi connectivity index (χ3n) is 6.11. The molecule has 6 nitrogen and oxygen atoms in total. The largest absolute Gasteiger partial charge is 0.478 e. The van der Waals surface area contributed by atoms with Gasteiger partial charge in [0.2, 0.25) is 0 Å². The molecule has 0 aliphatic rings. The number of anilines is 1. The molecule has 0 atom stereocenters. The number of benzene rings is 4. The molecule has 0 aliphatic carbocycles. The Hall–Kier alpha value is -5.15. The second-order valence-corrected chi connectivity index (χ2v) is 8.34. The van der Waals surface area contributed by atoms with Crippen LogP contribution in [0.1, 0.15) is 21.5 Å². The molecule has 36 heavy (non-hydrogen) atoms. The van der Waals surface area contributed by atoms with Gasteiger partial charge in [0, 0.05) is 29.2 Å². The molecule has 0 saturated heterocycles. The second-order valence-electron chi connectivity index (χ2n) is 8.34. The fourth-order valence-electron chi connectivity index (χ4n) is 4.41. The molecule has 0 radical (unpaired) electrons. The summed E-state index contributed by atoms with van der Waals surface area (Å²) in [6.07, 6.45) is 3.48. The van der Waals surface area contributed by atoms with Crippen molar-refractivity contribution in [3.63, 3.8) is 0 Å². The number of carboxylic acids is 1. The number of nitriles is 1. The van der Waals surface area contributed by atoms with Crippen LogP contribution in [-0.2, 0) is 11.3 Å². The molecule has 1 aromatic heterocycles. The average molecular weight is 472 g/mol. The van der Waals surface area contributed by atoms with Gasteiger partial charge in [-0.3, -0.25) is 4.79 Å². The van der Waals surface area contributed by atoms with Crippen molar-refractivity contribution in [1.29, 1.82) is 5.26 Å². The Morgan fingerprint density at radius 2 is 1.58 bits per heavy atom. The Morgan fingerprint density at radius 1 is 0.889 bits per heavy atom. The number of hydrogen-bond acceptors (Lipinski definition) is 3. The fourth-order valence-corrected chi connectivity index (χ4v) is 4.41. The maximum absolute atomic E-state index is 12.9. The zero-order valence-electron chi connectivity index (χ0n) is 19.2. The van der Waals surface area contributed by atoms with E-state index in [2.05, 4.69) is 34.1 Å². The van der Waals surface area contributed by atoms with E-state index in [0.29, 0.717) is 6.54 Å². The lowest BCUT2D eigenvalue weighted by molar-refractivity contribution is -0.112. The van der Waals surface area contributed by atoms with Crippen molar-refractivity contribution < 1.29 is 14.7 Å². The van der Waals surface area contributed by atoms with Crippen LogP contribution < -0.4 is 5.32 Å². The standard InChI is InChI=1S/C30H21N3O3/c31-17-22(29(34)32-27-14-5-3-13-26(27)30(35)36)16-23-19-33(28-15-6-4-12-25(23)28)18-21-10-7-9-20-8-1-2-11-24(20)21/h1-16,19H,18H2,(H,32,34)(H,35,36). The van der Waals surface area contributed by atoms with Gasteiger partial charge in [-0.05, 0) is 40.6 Å². The highest BCUT2D eigenvalue weighted by Crippen LogP contribution is 2.27. The first-order valence-electron chi connectivity index (χ1n) is 11.3. The minimum atomic E-state index is -1.16. The smallest absolute Gasteiger partial charge is 0.337 e. The van der Waals surface area contributed by atoms with Crippen molar-refractivity contribution in [2.75, 3.05) is 5.32 Å². The molecular formula is C30H21N3O3. The van der Waals surface area contributed by atoms with Crippen LogP contribution in [0.25, 0.3) is 27.8 Å². The van der Waals surface area contributed by atoms with Crippen LogP contribution in [0, 0.1) is 11.3 Å². The van der Waals surface area contributed by atoms with Gasteiger partial charge in [0.15, 0.2) is 0 Å². The molecule has 0 spiro atoms. The van der Waals surface area contributed by atoms with E-state index in [-0.39, 0.29) is 16.8 Å². The first kappa shape index (κ1) is 22.6. The van der Waals surface area contributed by atoms with Gasteiger partial charge in [0.05, 0.1) is 11.3 Å². The summed E-state index contributed by atoms with van der Waals surface area (Å²) in [5, 5.41) is 24.9. The van der Waals surface area contributed by atoms with Crippen LogP contribution in [-0.4, -0.2) is 21.6 Å². The summed E-state index contributed by atoms with van der Waals surface area (Å²) in [5.74, 6) is -1.83. The number of nitrogens with zero attached hydrogens (tertiary/aromatic N) is 2. The van der Waals surface area contributed by atoms with Gasteiger partial charge in [-0.25, -0.2) is 4.79 Å². The first-order chi connectivity index (χ1) is 17.5. The van der Waals surface area contributed by atoms with Crippen molar-refractivity contribution in [3.8, 4) is 6.07 Å². The number of carbonyl (C=O) groups is 2. The summed E-state index contributed by atoms with van der Waals surface area (Å²) in [6, 6.07) is 30.3. The van der Waals surface area contributed by atoms with E-state index in [0.717, 1.165) is 27.4 Å². The van der Waals surface area contributed by atoms with Gasteiger partial charge in [-0.2, -0.15) is 5.26 Å². The minimum Gasteiger partial charge on any atom is -0.478 e. The molecule has 174 valence electrons. The lowest BCUT2D eigenvalue weighted by atomic mass is 10.0. The van der Waals surface area contributed by atoms with Crippen molar-refractivity contribution in [3.05, 3.63) is 119 Å². The van der Waals surface area contributed by atoms with Gasteiger partial charge >= 0.3 is 5.97 Å². The SMILES string of the molecule is N#CC(=Cc1cn(Cc2cccc3ccccc23)c2ccccc12)C(=O)Nc1ccccc1C(=O)O. The van der Waals surface area contributed by atoms with E-state index >= 15 is 0 Å². The predicted molar refractivity (Wildman–Crippen MR) is 141 cm³/mol. The fraction of sp³-hybridized carbons (Fsp3) is 0.0333. The maximum Gasteiger partial charge on any atom is 0.337 e. The van der Waals surface area contributed by atoms with E-state index in [4.69, 9.17) is 0 Å². The van der Waals surface area contributed by atoms with Crippen molar-refractivity contribution >= 4 is 45.3 Å². The Balaban J connectivity index is 1.52. The Bertz CT molecular complexity index is 1700. The van der Waals surface area contributed by atoms with Crippen molar-refractivity contribution in [2.45, 2.75) is 6.54 Å². The van der Waals surface area contributed by atoms with E-state index < -0.39 is 11.9 Å². The van der Waals surface area contributed by atoms with Crippen molar-refractivity contribution in [2.24, 2.45) is 0 Å². The summed E-state index contributed by atoms with van der Waals surface area (Å²) >= 11 is 0. The molecule has 0 unspecified atom stereocenters. The van der Waals surface area contributed by atoms with Crippen LogP contribution >= 0.6 is 0 Å². The summed E-state index contributed by atoms with van der Waals surface area (Å²) in [5.41, 5.74) is 2.83. The molecule has 2 N–H and O–H groups in total. The van der Waals surface area contributed by atoms with Gasteiger partial charge < -0.3 is 15.0 Å². The van der Waals surface area contributed by atoms with Crippen molar-refractivity contribution in [1.82, 2.24) is 4.57 Å². The number of nitrogens with one attached hydrogen (secondary N) is 1. The molecule has 0 fully saturated rings. The number of amides is 1. The summed E-state index contributed by atoms with van der Waals surface area (Å²) in [7, 11) is 0. The number of aromatic nitrogens is 1. The first-order valence-corrected chi connectivity index (χ1v) is 11.3. The molecule has 4 aromatic carbocycles. The van der Waals surface area contributed by atoms with E-state index in [1.54, 1.807) is 18.2 Å². The molecule has 6 heteroatoms. The van der Waals surface area contributed by atoms with Gasteiger partial charge in [-0.15, -0.1) is 0 Å². The van der Waals surface area contributed by atoms with Gasteiger partial charge in [0.25, 0.3) is 5.91 Å². The number of rotatable bonds is 6.